The van der Waals surface area contributed by atoms with Crippen LogP contribution in [0.2, 0.25) is 0 Å². The fourth-order valence-electron chi connectivity index (χ4n) is 1.89. The zero-order valence-electron chi connectivity index (χ0n) is 14.3. The van der Waals surface area contributed by atoms with Crippen molar-refractivity contribution in [2.24, 2.45) is 5.41 Å². The van der Waals surface area contributed by atoms with Crippen molar-refractivity contribution < 1.29 is 0 Å². The smallest absolute Gasteiger partial charge is 0.225 e. The van der Waals surface area contributed by atoms with Crippen LogP contribution in [0.3, 0.4) is 0 Å². The summed E-state index contributed by atoms with van der Waals surface area (Å²) in [6.45, 7) is 16.1. The minimum Gasteiger partial charge on any atom is -0.341 e. The van der Waals surface area contributed by atoms with Crippen molar-refractivity contribution in [2.45, 2.75) is 67.1 Å². The summed E-state index contributed by atoms with van der Waals surface area (Å²) in [5.41, 5.74) is 2.42. The van der Waals surface area contributed by atoms with Crippen molar-refractivity contribution in [3.8, 4) is 0 Å². The lowest BCUT2D eigenvalue weighted by Crippen LogP contribution is -2.40. The minimum atomic E-state index is 0.198. The van der Waals surface area contributed by atoms with Gasteiger partial charge in [-0.05, 0) is 19.3 Å². The molecule has 0 aromatic carbocycles. The number of rotatable bonds is 5. The lowest BCUT2D eigenvalue weighted by molar-refractivity contribution is 0.327. The molecule has 4 heteroatoms. The molecule has 4 nitrogen and oxygen atoms in total. The summed E-state index contributed by atoms with van der Waals surface area (Å²) in [5.74, 6) is 0.804. The maximum atomic E-state index is 4.66. The third-order valence-electron chi connectivity index (χ3n) is 3.92. The first kappa shape index (κ1) is 16.9. The Labute approximate surface area is 124 Å². The monoisotopic (exact) mass is 278 g/mol. The van der Waals surface area contributed by atoms with Crippen LogP contribution in [0.1, 0.15) is 52.8 Å². The van der Waals surface area contributed by atoms with Crippen molar-refractivity contribution in [2.75, 3.05) is 11.9 Å². The molecule has 1 N–H and O–H groups in total. The molecule has 1 atom stereocenters. The number of aromatic nitrogens is 2. The average Bonchev–Trinajstić information content (AvgIpc) is 2.34. The summed E-state index contributed by atoms with van der Waals surface area (Å²) in [4.78, 5) is 11.3. The van der Waals surface area contributed by atoms with Crippen molar-refractivity contribution in [3.63, 3.8) is 0 Å². The highest BCUT2D eigenvalue weighted by molar-refractivity contribution is 5.33. The van der Waals surface area contributed by atoms with Gasteiger partial charge in [0.1, 0.15) is 0 Å². The molecule has 1 unspecified atom stereocenters. The second kappa shape index (κ2) is 6.53. The highest BCUT2D eigenvalue weighted by Crippen LogP contribution is 2.25. The van der Waals surface area contributed by atoms with Crippen LogP contribution in [0.25, 0.3) is 0 Å². The molecule has 1 aromatic rings. The highest BCUT2D eigenvalue weighted by Gasteiger charge is 2.25. The molecule has 0 aliphatic carbocycles. The Kier molecular flexibility index (Phi) is 5.51. The van der Waals surface area contributed by atoms with E-state index in [0.717, 1.165) is 18.2 Å². The number of hydrogen-bond donors (Lipinski definition) is 1. The summed E-state index contributed by atoms with van der Waals surface area (Å²) in [6.07, 6.45) is 1.94. The Balaban J connectivity index is 2.86. The summed E-state index contributed by atoms with van der Waals surface area (Å²) in [7, 11) is 2.07. The lowest BCUT2D eigenvalue weighted by atomic mass is 9.87. The number of aryl methyl sites for hydroxylation is 1. The molecular weight excluding hydrogens is 248 g/mol. The van der Waals surface area contributed by atoms with E-state index in [4.69, 9.17) is 0 Å². The van der Waals surface area contributed by atoms with Gasteiger partial charge in [-0.25, -0.2) is 9.97 Å². The van der Waals surface area contributed by atoms with Crippen molar-refractivity contribution >= 4 is 5.95 Å². The molecule has 0 amide bonds. The van der Waals surface area contributed by atoms with Crippen LogP contribution in [-0.2, 0) is 6.54 Å². The van der Waals surface area contributed by atoms with Crippen LogP contribution in [0.5, 0.6) is 0 Å². The van der Waals surface area contributed by atoms with Gasteiger partial charge in [-0.1, -0.05) is 34.6 Å². The summed E-state index contributed by atoms with van der Waals surface area (Å²) >= 11 is 0. The molecule has 1 rings (SSSR count). The van der Waals surface area contributed by atoms with Crippen LogP contribution in [0.15, 0.2) is 6.20 Å². The Hall–Kier alpha value is -1.16. The first-order valence-electron chi connectivity index (χ1n) is 7.41. The Morgan fingerprint density at radius 1 is 1.25 bits per heavy atom. The predicted octanol–water partition coefficient (Wildman–Crippen LogP) is 3.15. The SMILES string of the molecule is Cc1nc(N(C)C(C)C(C)(C)C)ncc1CNC(C)C. The number of anilines is 1. The van der Waals surface area contributed by atoms with Crippen molar-refractivity contribution in [3.05, 3.63) is 17.5 Å². The summed E-state index contributed by atoms with van der Waals surface area (Å²) in [6, 6.07) is 0.846. The van der Waals surface area contributed by atoms with E-state index in [1.54, 1.807) is 0 Å². The molecule has 0 radical (unpaired) electrons. The first-order valence-corrected chi connectivity index (χ1v) is 7.41. The molecule has 0 bridgehead atoms. The van der Waals surface area contributed by atoms with Gasteiger partial charge in [0, 0.05) is 43.1 Å². The Morgan fingerprint density at radius 3 is 2.30 bits per heavy atom. The minimum absolute atomic E-state index is 0.198. The van der Waals surface area contributed by atoms with E-state index in [1.807, 2.05) is 6.20 Å². The van der Waals surface area contributed by atoms with Gasteiger partial charge in [-0.3, -0.25) is 0 Å². The zero-order chi connectivity index (χ0) is 15.5. The van der Waals surface area contributed by atoms with E-state index in [0.29, 0.717) is 12.1 Å². The fraction of sp³-hybridized carbons (Fsp3) is 0.750. The van der Waals surface area contributed by atoms with Gasteiger partial charge in [-0.15, -0.1) is 0 Å². The molecule has 114 valence electrons. The Bertz CT molecular complexity index is 435. The van der Waals surface area contributed by atoms with Crippen LogP contribution in [-0.4, -0.2) is 29.1 Å². The van der Waals surface area contributed by atoms with E-state index in [9.17, 15) is 0 Å². The third kappa shape index (κ3) is 4.44. The molecule has 0 fully saturated rings. The van der Waals surface area contributed by atoms with Crippen LogP contribution in [0, 0.1) is 12.3 Å². The molecule has 1 heterocycles. The van der Waals surface area contributed by atoms with Crippen molar-refractivity contribution in [1.82, 2.24) is 15.3 Å². The quantitative estimate of drug-likeness (QED) is 0.898. The predicted molar refractivity (Wildman–Crippen MR) is 86.1 cm³/mol. The Morgan fingerprint density at radius 2 is 1.85 bits per heavy atom. The van der Waals surface area contributed by atoms with Gasteiger partial charge in [0.2, 0.25) is 5.95 Å². The number of hydrogen-bond acceptors (Lipinski definition) is 4. The normalized spacial score (nSPS) is 13.7. The number of nitrogens with zero attached hydrogens (tertiary/aromatic N) is 3. The fourth-order valence-corrected chi connectivity index (χ4v) is 1.89. The lowest BCUT2D eigenvalue weighted by Gasteiger charge is -2.35. The number of nitrogens with one attached hydrogen (secondary N) is 1. The molecule has 0 saturated heterocycles. The van der Waals surface area contributed by atoms with Crippen LogP contribution >= 0.6 is 0 Å². The third-order valence-corrected chi connectivity index (χ3v) is 3.92. The molecular formula is C16H30N4. The standard InChI is InChI=1S/C16H30N4/c1-11(2)17-9-14-10-18-15(19-12(14)3)20(8)13(4)16(5,6)7/h10-11,13,17H,9H2,1-8H3. The highest BCUT2D eigenvalue weighted by atomic mass is 15.3. The van der Waals surface area contributed by atoms with Gasteiger partial charge in [-0.2, -0.15) is 0 Å². The van der Waals surface area contributed by atoms with Gasteiger partial charge in [0.25, 0.3) is 0 Å². The van der Waals surface area contributed by atoms with Crippen molar-refractivity contribution in [1.29, 1.82) is 0 Å². The molecule has 0 aliphatic heterocycles. The van der Waals surface area contributed by atoms with Gasteiger partial charge in [0.05, 0.1) is 0 Å². The molecule has 0 saturated carbocycles. The molecule has 1 aromatic heterocycles. The van der Waals surface area contributed by atoms with E-state index < -0.39 is 0 Å². The molecule has 0 aliphatic rings. The largest absolute Gasteiger partial charge is 0.341 e. The molecule has 0 spiro atoms. The average molecular weight is 278 g/mol. The second-order valence-electron chi connectivity index (χ2n) is 6.97. The molecule has 20 heavy (non-hydrogen) atoms. The van der Waals surface area contributed by atoms with E-state index in [2.05, 4.69) is 75.7 Å². The van der Waals surface area contributed by atoms with E-state index in [1.165, 1.54) is 5.56 Å². The van der Waals surface area contributed by atoms with Gasteiger partial charge >= 0.3 is 0 Å². The van der Waals surface area contributed by atoms with Crippen LogP contribution in [0.4, 0.5) is 5.95 Å². The topological polar surface area (TPSA) is 41.1 Å². The second-order valence-corrected chi connectivity index (χ2v) is 6.97. The van der Waals surface area contributed by atoms with Crippen LogP contribution < -0.4 is 10.2 Å². The first-order chi connectivity index (χ1) is 9.12. The van der Waals surface area contributed by atoms with Gasteiger partial charge in [0.15, 0.2) is 0 Å². The maximum Gasteiger partial charge on any atom is 0.225 e. The van der Waals surface area contributed by atoms with E-state index >= 15 is 0 Å². The summed E-state index contributed by atoms with van der Waals surface area (Å²) in [5, 5.41) is 3.40. The van der Waals surface area contributed by atoms with Gasteiger partial charge < -0.3 is 10.2 Å². The zero-order valence-corrected chi connectivity index (χ0v) is 14.3. The maximum absolute atomic E-state index is 4.66. The van der Waals surface area contributed by atoms with E-state index in [-0.39, 0.29) is 5.41 Å². The summed E-state index contributed by atoms with van der Waals surface area (Å²) < 4.78 is 0.